The summed E-state index contributed by atoms with van der Waals surface area (Å²) < 4.78 is 0. The number of non-ortho nitro benzene ring substituents is 1. The lowest BCUT2D eigenvalue weighted by molar-refractivity contribution is -0.384. The molecule has 0 atom stereocenters. The molecular weight excluding hydrogens is 200 g/mol. The lowest BCUT2D eigenvalue weighted by atomic mass is 10.1. The molecular formula is C9H10N2O4. The Hall–Kier alpha value is -1.95. The maximum Gasteiger partial charge on any atom is 0.275 e. The van der Waals surface area contributed by atoms with Crippen LogP contribution in [0.15, 0.2) is 18.2 Å². The molecule has 1 amide bonds. The molecule has 0 aliphatic heterocycles. The Morgan fingerprint density at radius 3 is 2.73 bits per heavy atom. The highest BCUT2D eigenvalue weighted by Crippen LogP contribution is 2.17. The van der Waals surface area contributed by atoms with Crippen LogP contribution in [-0.4, -0.2) is 17.9 Å². The minimum Gasteiger partial charge on any atom is -0.277 e. The molecule has 0 fully saturated rings. The Labute approximate surface area is 86.0 Å². The molecule has 1 rings (SSSR count). The molecule has 1 N–H and O–H groups in total. The number of nitro groups is 1. The SMILES string of the molecule is CONC(=O)c1cc([N+](=O)[O-])ccc1C. The van der Waals surface area contributed by atoms with Crippen LogP contribution in [0.3, 0.4) is 0 Å². The van der Waals surface area contributed by atoms with Crippen molar-refractivity contribution in [3.05, 3.63) is 39.4 Å². The second-order valence-electron chi connectivity index (χ2n) is 2.89. The Kier molecular flexibility index (Phi) is 3.35. The smallest absolute Gasteiger partial charge is 0.275 e. The highest BCUT2D eigenvalue weighted by molar-refractivity contribution is 5.95. The van der Waals surface area contributed by atoms with Crippen LogP contribution < -0.4 is 5.48 Å². The zero-order chi connectivity index (χ0) is 11.4. The van der Waals surface area contributed by atoms with Gasteiger partial charge in [-0.3, -0.25) is 19.7 Å². The van der Waals surface area contributed by atoms with Gasteiger partial charge in [0.15, 0.2) is 0 Å². The minimum atomic E-state index is -0.553. The summed E-state index contributed by atoms with van der Waals surface area (Å²) in [5, 5.41) is 10.5. The molecule has 0 aliphatic rings. The molecule has 0 saturated heterocycles. The quantitative estimate of drug-likeness (QED) is 0.600. The van der Waals surface area contributed by atoms with E-state index in [0.717, 1.165) is 0 Å². The van der Waals surface area contributed by atoms with Crippen LogP contribution in [0.25, 0.3) is 0 Å². The molecule has 1 aromatic rings. The fraction of sp³-hybridized carbons (Fsp3) is 0.222. The van der Waals surface area contributed by atoms with E-state index in [-0.39, 0.29) is 11.3 Å². The Bertz CT molecular complexity index is 403. The van der Waals surface area contributed by atoms with E-state index < -0.39 is 10.8 Å². The first-order valence-electron chi connectivity index (χ1n) is 4.14. The van der Waals surface area contributed by atoms with E-state index >= 15 is 0 Å². The summed E-state index contributed by atoms with van der Waals surface area (Å²) in [5.41, 5.74) is 2.86. The van der Waals surface area contributed by atoms with Gasteiger partial charge in [0, 0.05) is 12.1 Å². The van der Waals surface area contributed by atoms with Gasteiger partial charge in [-0.15, -0.1) is 0 Å². The Morgan fingerprint density at radius 1 is 1.53 bits per heavy atom. The standard InChI is InChI=1S/C9H10N2O4/c1-6-3-4-7(11(13)14)5-8(6)9(12)10-15-2/h3-5H,1-2H3,(H,10,12). The number of aryl methyl sites for hydroxylation is 1. The molecule has 0 unspecified atom stereocenters. The van der Waals surface area contributed by atoms with Crippen molar-refractivity contribution in [2.24, 2.45) is 0 Å². The lowest BCUT2D eigenvalue weighted by Crippen LogP contribution is -2.22. The number of nitro benzene ring substituents is 1. The number of hydroxylamine groups is 1. The summed E-state index contributed by atoms with van der Waals surface area (Å²) >= 11 is 0. The van der Waals surface area contributed by atoms with Gasteiger partial charge in [0.2, 0.25) is 0 Å². The maximum atomic E-state index is 11.4. The zero-order valence-corrected chi connectivity index (χ0v) is 8.31. The number of nitrogens with one attached hydrogen (secondary N) is 1. The molecule has 0 heterocycles. The van der Waals surface area contributed by atoms with Crippen molar-refractivity contribution >= 4 is 11.6 Å². The zero-order valence-electron chi connectivity index (χ0n) is 8.31. The van der Waals surface area contributed by atoms with Gasteiger partial charge in [-0.2, -0.15) is 0 Å². The number of rotatable bonds is 3. The van der Waals surface area contributed by atoms with Gasteiger partial charge >= 0.3 is 0 Å². The molecule has 0 spiro atoms. The van der Waals surface area contributed by atoms with Gasteiger partial charge in [-0.25, -0.2) is 5.48 Å². The second-order valence-corrected chi connectivity index (χ2v) is 2.89. The van der Waals surface area contributed by atoms with Crippen LogP contribution in [0.5, 0.6) is 0 Å². The van der Waals surface area contributed by atoms with Gasteiger partial charge in [0.25, 0.3) is 11.6 Å². The number of carbonyl (C=O) groups excluding carboxylic acids is 1. The monoisotopic (exact) mass is 210 g/mol. The van der Waals surface area contributed by atoms with E-state index in [9.17, 15) is 14.9 Å². The predicted octanol–water partition coefficient (Wildman–Crippen LogP) is 1.19. The average Bonchev–Trinajstić information content (AvgIpc) is 2.18. The number of amides is 1. The van der Waals surface area contributed by atoms with Crippen molar-refractivity contribution in [3.8, 4) is 0 Å². The first kappa shape index (κ1) is 11.1. The normalized spacial score (nSPS) is 9.73. The molecule has 6 nitrogen and oxygen atoms in total. The highest BCUT2D eigenvalue weighted by Gasteiger charge is 2.14. The van der Waals surface area contributed by atoms with E-state index in [1.54, 1.807) is 6.92 Å². The van der Waals surface area contributed by atoms with E-state index in [0.29, 0.717) is 5.56 Å². The van der Waals surface area contributed by atoms with Crippen molar-refractivity contribution in [1.29, 1.82) is 0 Å². The average molecular weight is 210 g/mol. The molecule has 0 saturated carbocycles. The lowest BCUT2D eigenvalue weighted by Gasteiger charge is -2.04. The first-order valence-corrected chi connectivity index (χ1v) is 4.14. The van der Waals surface area contributed by atoms with Crippen molar-refractivity contribution in [1.82, 2.24) is 5.48 Å². The maximum absolute atomic E-state index is 11.4. The molecule has 0 aliphatic carbocycles. The molecule has 0 aromatic heterocycles. The van der Waals surface area contributed by atoms with Crippen LogP contribution in [-0.2, 0) is 4.84 Å². The van der Waals surface area contributed by atoms with Crippen molar-refractivity contribution < 1.29 is 14.6 Å². The first-order chi connectivity index (χ1) is 7.06. The summed E-state index contributed by atoms with van der Waals surface area (Å²) in [7, 11) is 1.30. The predicted molar refractivity (Wildman–Crippen MR) is 52.3 cm³/mol. The fourth-order valence-electron chi connectivity index (χ4n) is 1.12. The molecule has 1 aromatic carbocycles. The second kappa shape index (κ2) is 4.52. The number of hydrogen-bond acceptors (Lipinski definition) is 4. The van der Waals surface area contributed by atoms with Crippen molar-refractivity contribution in [2.45, 2.75) is 6.92 Å². The highest BCUT2D eigenvalue weighted by atomic mass is 16.6. The third kappa shape index (κ3) is 2.50. The number of nitrogens with zero attached hydrogens (tertiary/aromatic N) is 1. The Balaban J connectivity index is 3.10. The molecule has 0 bridgehead atoms. The minimum absolute atomic E-state index is 0.123. The molecule has 0 radical (unpaired) electrons. The van der Waals surface area contributed by atoms with Crippen molar-refractivity contribution in [2.75, 3.05) is 7.11 Å². The van der Waals surface area contributed by atoms with Crippen LogP contribution in [0.2, 0.25) is 0 Å². The Morgan fingerprint density at radius 2 is 2.20 bits per heavy atom. The van der Waals surface area contributed by atoms with Crippen LogP contribution in [0, 0.1) is 17.0 Å². The van der Waals surface area contributed by atoms with Gasteiger partial charge < -0.3 is 0 Å². The summed E-state index contributed by atoms with van der Waals surface area (Å²) in [5.74, 6) is -0.501. The third-order valence-corrected chi connectivity index (χ3v) is 1.87. The molecule has 15 heavy (non-hydrogen) atoms. The van der Waals surface area contributed by atoms with Crippen molar-refractivity contribution in [3.63, 3.8) is 0 Å². The van der Waals surface area contributed by atoms with E-state index in [1.165, 1.54) is 25.3 Å². The fourth-order valence-corrected chi connectivity index (χ4v) is 1.12. The molecule has 6 heteroatoms. The van der Waals surface area contributed by atoms with Gasteiger partial charge in [-0.05, 0) is 12.5 Å². The van der Waals surface area contributed by atoms with Gasteiger partial charge in [0.1, 0.15) is 0 Å². The summed E-state index contributed by atoms with van der Waals surface area (Å²) in [6, 6.07) is 4.07. The van der Waals surface area contributed by atoms with Gasteiger partial charge in [-0.1, -0.05) is 6.07 Å². The number of carbonyl (C=O) groups is 1. The number of hydrogen-bond donors (Lipinski definition) is 1. The van der Waals surface area contributed by atoms with Crippen LogP contribution in [0.4, 0.5) is 5.69 Å². The van der Waals surface area contributed by atoms with E-state index in [4.69, 9.17) is 0 Å². The molecule has 80 valence electrons. The third-order valence-electron chi connectivity index (χ3n) is 1.87. The largest absolute Gasteiger partial charge is 0.277 e. The van der Waals surface area contributed by atoms with E-state index in [2.05, 4.69) is 10.3 Å². The topological polar surface area (TPSA) is 81.5 Å². The van der Waals surface area contributed by atoms with Gasteiger partial charge in [0.05, 0.1) is 17.6 Å². The van der Waals surface area contributed by atoms with E-state index in [1.807, 2.05) is 0 Å². The number of benzene rings is 1. The summed E-state index contributed by atoms with van der Waals surface area (Å²) in [6.07, 6.45) is 0. The summed E-state index contributed by atoms with van der Waals surface area (Å²) in [4.78, 5) is 25.8. The van der Waals surface area contributed by atoms with Crippen LogP contribution >= 0.6 is 0 Å². The van der Waals surface area contributed by atoms with Crippen LogP contribution in [0.1, 0.15) is 15.9 Å². The summed E-state index contributed by atoms with van der Waals surface area (Å²) in [6.45, 7) is 1.69.